The number of hydrogen-bond donors (Lipinski definition) is 3. The van der Waals surface area contributed by atoms with Crippen molar-refractivity contribution < 1.29 is 39.6 Å². The highest BCUT2D eigenvalue weighted by Gasteiger charge is 2.01. The highest BCUT2D eigenvalue weighted by Crippen LogP contribution is 2.13. The maximum Gasteiger partial charge on any atom is 0.305 e. The molecular formula is C16H17IN4O2S. The zero-order chi connectivity index (χ0) is 16.5. The Morgan fingerprint density at radius 2 is 1.50 bits per heavy atom. The molecule has 0 unspecified atom stereocenters. The van der Waals surface area contributed by atoms with E-state index in [1.807, 2.05) is 18.4 Å². The number of benzene rings is 2. The van der Waals surface area contributed by atoms with Crippen LogP contribution in [0.4, 0.5) is 0 Å². The lowest BCUT2D eigenvalue weighted by Gasteiger charge is -1.96. The number of halogens is 1. The number of quaternary nitrogens is 1. The lowest BCUT2D eigenvalue weighted by atomic mass is 10.2. The first-order valence-corrected chi connectivity index (χ1v) is 8.00. The third kappa shape index (κ3) is 6.30. The Balaban J connectivity index is 0.00000288. The minimum Gasteiger partial charge on any atom is -1.00 e. The van der Waals surface area contributed by atoms with Crippen LogP contribution in [0, 0.1) is 0 Å². The van der Waals surface area contributed by atoms with Crippen LogP contribution in [0.3, 0.4) is 0 Å². The van der Waals surface area contributed by atoms with E-state index < -0.39 is 0 Å². The van der Waals surface area contributed by atoms with Crippen molar-refractivity contribution in [3.05, 3.63) is 59.7 Å². The van der Waals surface area contributed by atoms with Crippen molar-refractivity contribution in [2.24, 2.45) is 15.3 Å². The maximum atomic E-state index is 9.64. The summed E-state index contributed by atoms with van der Waals surface area (Å²) >= 11 is 1.39. The van der Waals surface area contributed by atoms with Gasteiger partial charge >= 0.3 is 5.17 Å². The predicted molar refractivity (Wildman–Crippen MR) is 94.3 cm³/mol. The summed E-state index contributed by atoms with van der Waals surface area (Å²) in [5, 5.41) is 32.0. The van der Waals surface area contributed by atoms with Crippen LogP contribution >= 0.6 is 11.8 Å². The average molecular weight is 456 g/mol. The molecule has 126 valence electrons. The largest absolute Gasteiger partial charge is 1.00 e. The molecular weight excluding hydrogens is 439 g/mol. The Bertz CT molecular complexity index is 750. The highest BCUT2D eigenvalue weighted by atomic mass is 127. The molecule has 2 rings (SSSR count). The second-order valence-electron chi connectivity index (χ2n) is 4.41. The quantitative estimate of drug-likeness (QED) is 0.177. The summed E-state index contributed by atoms with van der Waals surface area (Å²) in [4.78, 5) is 0. The molecule has 2 aromatic rings. The van der Waals surface area contributed by atoms with E-state index in [1.54, 1.807) is 48.0 Å². The highest BCUT2D eigenvalue weighted by molar-refractivity contribution is 8.12. The van der Waals surface area contributed by atoms with Gasteiger partial charge in [-0.3, -0.25) is 0 Å². The van der Waals surface area contributed by atoms with Crippen molar-refractivity contribution >= 4 is 29.4 Å². The maximum absolute atomic E-state index is 9.64. The molecule has 2 aromatic carbocycles. The molecule has 8 heteroatoms. The molecule has 0 saturated heterocycles. The molecule has 0 aliphatic rings. The Kier molecular flexibility index (Phi) is 9.05. The van der Waals surface area contributed by atoms with E-state index in [2.05, 4.69) is 15.3 Å². The van der Waals surface area contributed by atoms with Crippen molar-refractivity contribution in [1.82, 2.24) is 0 Å². The number of hydrogen-bond acceptors (Lipinski definition) is 6. The van der Waals surface area contributed by atoms with Crippen LogP contribution < -0.4 is 29.4 Å². The minimum atomic E-state index is 0. The third-order valence-corrected chi connectivity index (χ3v) is 3.44. The van der Waals surface area contributed by atoms with Crippen LogP contribution in [0.5, 0.6) is 11.5 Å². The van der Waals surface area contributed by atoms with Crippen LogP contribution in [0.25, 0.3) is 0 Å². The molecule has 0 bridgehead atoms. The molecule has 0 aromatic heterocycles. The second-order valence-corrected chi connectivity index (χ2v) is 5.24. The summed E-state index contributed by atoms with van der Waals surface area (Å²) in [6.45, 7) is 0. The summed E-state index contributed by atoms with van der Waals surface area (Å²) in [7, 11) is 0. The number of thioether (sulfide) groups is 1. The summed E-state index contributed by atoms with van der Waals surface area (Å²) in [6.07, 6.45) is 4.89. The van der Waals surface area contributed by atoms with E-state index in [1.165, 1.54) is 18.0 Å². The van der Waals surface area contributed by atoms with E-state index in [0.29, 0.717) is 16.3 Å². The van der Waals surface area contributed by atoms with Gasteiger partial charge in [-0.05, 0) is 42.3 Å². The van der Waals surface area contributed by atoms with Crippen LogP contribution in [-0.4, -0.2) is 34.1 Å². The minimum absolute atomic E-state index is 0. The van der Waals surface area contributed by atoms with Crippen LogP contribution in [0.15, 0.2) is 63.8 Å². The molecule has 0 atom stereocenters. The van der Waals surface area contributed by atoms with E-state index in [-0.39, 0.29) is 35.5 Å². The molecule has 4 N–H and O–H groups in total. The number of rotatable bonds is 4. The number of nitrogens with two attached hydrogens (primary N) is 1. The van der Waals surface area contributed by atoms with Gasteiger partial charge in [0.05, 0.1) is 12.4 Å². The van der Waals surface area contributed by atoms with Gasteiger partial charge in [-0.1, -0.05) is 34.5 Å². The zero-order valence-corrected chi connectivity index (χ0v) is 15.8. The number of nitrogens with zero attached hydrogens (tertiary/aromatic N) is 3. The summed E-state index contributed by atoms with van der Waals surface area (Å²) in [5.74, 6) is 0.323. The number of amidine groups is 1. The van der Waals surface area contributed by atoms with Gasteiger partial charge in [0.25, 0.3) is 0 Å². The Morgan fingerprint density at radius 1 is 0.958 bits per heavy atom. The van der Waals surface area contributed by atoms with Crippen molar-refractivity contribution in [2.75, 3.05) is 6.26 Å². The van der Waals surface area contributed by atoms with E-state index in [4.69, 9.17) is 0 Å². The summed E-state index contributed by atoms with van der Waals surface area (Å²) < 4.78 is 0. The molecule has 0 radical (unpaired) electrons. The standard InChI is InChI=1S/C16H16N4O2S.HI/c1-23-16(19-17-10-12-6-2-4-8-14(12)21)20-18-11-13-7-3-5-9-15(13)22;/h2-11,21-22H,1H3,(H,19,20);1H/b17-10+,18-11+;. The van der Waals surface area contributed by atoms with Gasteiger partial charge in [-0.2, -0.15) is 10.5 Å². The molecule has 0 saturated carbocycles. The molecule has 0 amide bonds. The van der Waals surface area contributed by atoms with Gasteiger partial charge in [0.1, 0.15) is 11.5 Å². The first kappa shape index (κ1) is 20.1. The van der Waals surface area contributed by atoms with Crippen LogP contribution in [0.2, 0.25) is 0 Å². The first-order chi connectivity index (χ1) is 11.2. The van der Waals surface area contributed by atoms with Gasteiger partial charge in [0.15, 0.2) is 0 Å². The lowest BCUT2D eigenvalue weighted by Crippen LogP contribution is -3.00. The lowest BCUT2D eigenvalue weighted by molar-refractivity contribution is -0.539. The average Bonchev–Trinajstić information content (AvgIpc) is 2.56. The molecule has 0 spiro atoms. The summed E-state index contributed by atoms with van der Waals surface area (Å²) in [6, 6.07) is 13.8. The van der Waals surface area contributed by atoms with Crippen molar-refractivity contribution in [1.29, 1.82) is 0 Å². The van der Waals surface area contributed by atoms with Crippen LogP contribution in [0.1, 0.15) is 11.1 Å². The molecule has 0 aliphatic carbocycles. The third-order valence-electron chi connectivity index (χ3n) is 2.83. The predicted octanol–water partition coefficient (Wildman–Crippen LogP) is -1.25. The van der Waals surface area contributed by atoms with E-state index in [0.717, 1.165) is 0 Å². The fraction of sp³-hybridized carbons (Fsp3) is 0.0625. The summed E-state index contributed by atoms with van der Waals surface area (Å²) in [5.41, 5.74) is 2.77. The number of phenols is 2. The van der Waals surface area contributed by atoms with Gasteiger partial charge in [0.2, 0.25) is 0 Å². The van der Waals surface area contributed by atoms with E-state index in [9.17, 15) is 10.2 Å². The Labute approximate surface area is 161 Å². The van der Waals surface area contributed by atoms with E-state index >= 15 is 0 Å². The van der Waals surface area contributed by atoms with Gasteiger partial charge in [0, 0.05) is 11.1 Å². The zero-order valence-electron chi connectivity index (χ0n) is 12.9. The van der Waals surface area contributed by atoms with Crippen molar-refractivity contribution in [3.63, 3.8) is 0 Å². The van der Waals surface area contributed by atoms with Gasteiger partial charge in [-0.15, -0.1) is 0 Å². The second kappa shape index (κ2) is 10.8. The Hall–Kier alpha value is -1.91. The number of phenolic OH excluding ortho intramolecular Hbond substituents is 2. The first-order valence-electron chi connectivity index (χ1n) is 6.78. The smallest absolute Gasteiger partial charge is 0.305 e. The monoisotopic (exact) mass is 456 g/mol. The molecule has 0 aliphatic heterocycles. The van der Waals surface area contributed by atoms with Gasteiger partial charge < -0.3 is 34.2 Å². The van der Waals surface area contributed by atoms with Gasteiger partial charge in [-0.25, -0.2) is 0 Å². The van der Waals surface area contributed by atoms with Crippen molar-refractivity contribution in [3.8, 4) is 11.5 Å². The SMILES string of the molecule is CS/C(=N/N=C/c1ccccc1O)[NH2+]/N=C/c1ccccc1O.[I-]. The molecule has 6 nitrogen and oxygen atoms in total. The molecule has 0 heterocycles. The fourth-order valence-electron chi connectivity index (χ4n) is 1.64. The van der Waals surface area contributed by atoms with Crippen molar-refractivity contribution in [2.45, 2.75) is 0 Å². The molecule has 24 heavy (non-hydrogen) atoms. The fourth-order valence-corrected chi connectivity index (χ4v) is 1.94. The topological polar surface area (TPSA) is 94.2 Å². The normalized spacial score (nSPS) is 11.8. The Morgan fingerprint density at radius 3 is 2.04 bits per heavy atom. The number of aromatic hydroxyl groups is 2. The van der Waals surface area contributed by atoms with Crippen LogP contribution in [-0.2, 0) is 0 Å². The molecule has 0 fully saturated rings. The number of para-hydroxylation sites is 2.